The summed E-state index contributed by atoms with van der Waals surface area (Å²) in [7, 11) is 1.49. The number of benzene rings is 2. The molecular weight excluding hydrogens is 269 g/mol. The zero-order valence-corrected chi connectivity index (χ0v) is 11.0. The lowest BCUT2D eigenvalue weighted by Crippen LogP contribution is -2.25. The molecule has 0 aliphatic carbocycles. The lowest BCUT2D eigenvalue weighted by atomic mass is 9.87. The number of aliphatic hydroxyl groups is 1. The van der Waals surface area contributed by atoms with Crippen molar-refractivity contribution in [2.75, 3.05) is 7.11 Å². The molecule has 0 saturated heterocycles. The van der Waals surface area contributed by atoms with Gasteiger partial charge in [-0.25, -0.2) is 13.2 Å². The highest BCUT2D eigenvalue weighted by atomic mass is 19.2. The Labute approximate surface area is 114 Å². The summed E-state index contributed by atoms with van der Waals surface area (Å²) in [5.74, 6) is -3.73. The fraction of sp³-hybridized carbons (Fsp3) is 0.200. The fourth-order valence-corrected chi connectivity index (χ4v) is 1.97. The fourth-order valence-electron chi connectivity index (χ4n) is 1.97. The third-order valence-electron chi connectivity index (χ3n) is 3.21. The third-order valence-corrected chi connectivity index (χ3v) is 3.21. The van der Waals surface area contributed by atoms with E-state index in [0.717, 1.165) is 12.1 Å². The average Bonchev–Trinajstić information content (AvgIpc) is 2.44. The van der Waals surface area contributed by atoms with Gasteiger partial charge in [-0.05, 0) is 36.8 Å². The monoisotopic (exact) mass is 282 g/mol. The van der Waals surface area contributed by atoms with Gasteiger partial charge in [0, 0.05) is 5.56 Å². The molecule has 2 aromatic rings. The highest BCUT2D eigenvalue weighted by molar-refractivity contribution is 5.39. The van der Waals surface area contributed by atoms with Crippen LogP contribution in [0, 0.1) is 17.5 Å². The molecule has 0 spiro atoms. The number of methoxy groups -OCH3 is 1. The molecule has 1 atom stereocenters. The summed E-state index contributed by atoms with van der Waals surface area (Å²) in [5.41, 5.74) is -1.78. The number of rotatable bonds is 3. The molecule has 2 nitrogen and oxygen atoms in total. The van der Waals surface area contributed by atoms with Crippen LogP contribution in [0.25, 0.3) is 0 Å². The van der Waals surface area contributed by atoms with Gasteiger partial charge in [-0.2, -0.15) is 0 Å². The van der Waals surface area contributed by atoms with Crippen molar-refractivity contribution in [3.63, 3.8) is 0 Å². The Morgan fingerprint density at radius 1 is 0.950 bits per heavy atom. The predicted molar refractivity (Wildman–Crippen MR) is 68.0 cm³/mol. The highest BCUT2D eigenvalue weighted by Crippen LogP contribution is 2.33. The maximum absolute atomic E-state index is 13.8. The first kappa shape index (κ1) is 14.4. The molecule has 2 rings (SSSR count). The molecule has 0 saturated carbocycles. The van der Waals surface area contributed by atoms with Crippen LogP contribution in [0.15, 0.2) is 36.4 Å². The molecule has 1 unspecified atom stereocenters. The van der Waals surface area contributed by atoms with Crippen molar-refractivity contribution in [2.45, 2.75) is 12.5 Å². The summed E-state index contributed by atoms with van der Waals surface area (Å²) in [6.07, 6.45) is 0. The molecule has 0 aliphatic rings. The van der Waals surface area contributed by atoms with E-state index >= 15 is 0 Å². The topological polar surface area (TPSA) is 29.5 Å². The Morgan fingerprint density at radius 3 is 2.10 bits per heavy atom. The minimum absolute atomic E-state index is 0.332. The second kappa shape index (κ2) is 5.17. The summed E-state index contributed by atoms with van der Waals surface area (Å²) in [6.45, 7) is 1.31. The number of hydrogen-bond donors (Lipinski definition) is 1. The summed E-state index contributed by atoms with van der Waals surface area (Å²) < 4.78 is 45.0. The van der Waals surface area contributed by atoms with Crippen LogP contribution < -0.4 is 4.74 Å². The van der Waals surface area contributed by atoms with Crippen LogP contribution >= 0.6 is 0 Å². The quantitative estimate of drug-likeness (QED) is 0.875. The van der Waals surface area contributed by atoms with Crippen molar-refractivity contribution >= 4 is 0 Å². The van der Waals surface area contributed by atoms with Crippen LogP contribution in [0.3, 0.4) is 0 Å². The first-order valence-corrected chi connectivity index (χ1v) is 5.88. The van der Waals surface area contributed by atoms with Crippen LogP contribution in [0.4, 0.5) is 13.2 Å². The smallest absolute Gasteiger partial charge is 0.194 e. The van der Waals surface area contributed by atoms with Gasteiger partial charge in [-0.1, -0.05) is 12.1 Å². The molecule has 0 aliphatic heterocycles. The van der Waals surface area contributed by atoms with Crippen molar-refractivity contribution in [1.29, 1.82) is 0 Å². The van der Waals surface area contributed by atoms with Crippen LogP contribution in [0.2, 0.25) is 0 Å². The Kier molecular flexibility index (Phi) is 3.72. The van der Waals surface area contributed by atoms with Gasteiger partial charge in [0.1, 0.15) is 11.4 Å². The van der Waals surface area contributed by atoms with Gasteiger partial charge in [-0.3, -0.25) is 0 Å². The largest absolute Gasteiger partial charge is 0.497 e. The molecule has 2 aromatic carbocycles. The average molecular weight is 282 g/mol. The van der Waals surface area contributed by atoms with Crippen LogP contribution in [0.1, 0.15) is 18.1 Å². The van der Waals surface area contributed by atoms with E-state index in [2.05, 4.69) is 0 Å². The van der Waals surface area contributed by atoms with Crippen molar-refractivity contribution in [3.8, 4) is 5.75 Å². The van der Waals surface area contributed by atoms with Crippen LogP contribution in [-0.2, 0) is 5.60 Å². The second-order valence-corrected chi connectivity index (χ2v) is 4.52. The normalized spacial score (nSPS) is 13.9. The van der Waals surface area contributed by atoms with E-state index in [9.17, 15) is 18.3 Å². The molecule has 1 N–H and O–H groups in total. The van der Waals surface area contributed by atoms with E-state index in [4.69, 9.17) is 4.74 Å². The molecule has 0 radical (unpaired) electrons. The minimum atomic E-state index is -1.79. The predicted octanol–water partition coefficient (Wildman–Crippen LogP) is 3.37. The minimum Gasteiger partial charge on any atom is -0.497 e. The second-order valence-electron chi connectivity index (χ2n) is 4.52. The molecule has 106 valence electrons. The van der Waals surface area contributed by atoms with Gasteiger partial charge in [0.15, 0.2) is 17.5 Å². The molecule has 0 amide bonds. The van der Waals surface area contributed by atoms with Crippen molar-refractivity contribution in [1.82, 2.24) is 0 Å². The molecule has 20 heavy (non-hydrogen) atoms. The van der Waals surface area contributed by atoms with E-state index in [0.29, 0.717) is 11.3 Å². The number of ether oxygens (including phenoxy) is 1. The molecule has 0 fully saturated rings. The lowest BCUT2D eigenvalue weighted by molar-refractivity contribution is 0.0966. The molecule has 0 heterocycles. The van der Waals surface area contributed by atoms with Crippen molar-refractivity contribution < 1.29 is 23.0 Å². The molecule has 0 aromatic heterocycles. The summed E-state index contributed by atoms with van der Waals surface area (Å²) in [6, 6.07) is 8.03. The zero-order chi connectivity index (χ0) is 14.9. The summed E-state index contributed by atoms with van der Waals surface area (Å²) in [5, 5.41) is 10.4. The lowest BCUT2D eigenvalue weighted by Gasteiger charge is -2.25. The van der Waals surface area contributed by atoms with E-state index in [1.165, 1.54) is 26.2 Å². The first-order chi connectivity index (χ1) is 9.37. The molecule has 0 bridgehead atoms. The van der Waals surface area contributed by atoms with Crippen LogP contribution in [0.5, 0.6) is 5.75 Å². The number of halogens is 3. The van der Waals surface area contributed by atoms with E-state index in [1.54, 1.807) is 12.1 Å². The Balaban J connectivity index is 2.51. The summed E-state index contributed by atoms with van der Waals surface area (Å²) >= 11 is 0. The van der Waals surface area contributed by atoms with Gasteiger partial charge >= 0.3 is 0 Å². The number of hydrogen-bond acceptors (Lipinski definition) is 2. The van der Waals surface area contributed by atoms with Gasteiger partial charge in [0.2, 0.25) is 0 Å². The first-order valence-electron chi connectivity index (χ1n) is 5.88. The van der Waals surface area contributed by atoms with E-state index in [-0.39, 0.29) is 5.56 Å². The van der Waals surface area contributed by atoms with Gasteiger partial charge < -0.3 is 9.84 Å². The van der Waals surface area contributed by atoms with Crippen molar-refractivity contribution in [3.05, 3.63) is 65.0 Å². The van der Waals surface area contributed by atoms with Gasteiger partial charge in [0.05, 0.1) is 7.11 Å². The van der Waals surface area contributed by atoms with Crippen LogP contribution in [-0.4, -0.2) is 12.2 Å². The molecule has 5 heteroatoms. The third kappa shape index (κ3) is 2.36. The maximum atomic E-state index is 13.8. The Hall–Kier alpha value is -2.01. The maximum Gasteiger partial charge on any atom is 0.194 e. The highest BCUT2D eigenvalue weighted by Gasteiger charge is 2.31. The Bertz CT molecular complexity index is 622. The van der Waals surface area contributed by atoms with Gasteiger partial charge in [0.25, 0.3) is 0 Å². The van der Waals surface area contributed by atoms with Crippen molar-refractivity contribution in [2.24, 2.45) is 0 Å². The zero-order valence-electron chi connectivity index (χ0n) is 11.0. The van der Waals surface area contributed by atoms with E-state index < -0.39 is 23.1 Å². The van der Waals surface area contributed by atoms with E-state index in [1.807, 2.05) is 0 Å². The molecular formula is C15H13F3O2. The summed E-state index contributed by atoms with van der Waals surface area (Å²) in [4.78, 5) is 0. The van der Waals surface area contributed by atoms with Gasteiger partial charge in [-0.15, -0.1) is 0 Å². The standard InChI is InChI=1S/C15H13F3O2/c1-15(19,9-3-5-10(20-2)6-4-9)11-7-8-12(16)14(18)13(11)17/h3-8,19H,1-2H3. The SMILES string of the molecule is COc1ccc(C(C)(O)c2ccc(F)c(F)c2F)cc1. The Morgan fingerprint density at radius 2 is 1.55 bits per heavy atom.